The minimum absolute atomic E-state index is 0.00335. The van der Waals surface area contributed by atoms with Gasteiger partial charge in [0.1, 0.15) is 12.2 Å². The highest BCUT2D eigenvalue weighted by molar-refractivity contribution is 5.80. The van der Waals surface area contributed by atoms with Gasteiger partial charge >= 0.3 is 41.8 Å². The molecule has 0 aromatic rings. The molecule has 0 heterocycles. The van der Waals surface area contributed by atoms with Gasteiger partial charge in [0, 0.05) is 12.3 Å². The minimum atomic E-state index is -0.854. The van der Waals surface area contributed by atoms with Crippen LogP contribution in [0.2, 0.25) is 0 Å². The molecule has 0 radical (unpaired) electrons. The van der Waals surface area contributed by atoms with Crippen molar-refractivity contribution in [1.29, 1.82) is 0 Å². The van der Waals surface area contributed by atoms with Crippen LogP contribution in [0.5, 0.6) is 0 Å². The van der Waals surface area contributed by atoms with E-state index in [1.54, 1.807) is 0 Å². The van der Waals surface area contributed by atoms with E-state index in [-0.39, 0.29) is 73.0 Å². The van der Waals surface area contributed by atoms with Crippen LogP contribution in [0.1, 0.15) is 104 Å². The number of ether oxygens (including phenoxy) is 6. The molecule has 53 heavy (non-hydrogen) atoms. The Morgan fingerprint density at radius 1 is 0.698 bits per heavy atom. The fourth-order valence-corrected chi connectivity index (χ4v) is 10.3. The molecule has 4 aliphatic carbocycles. The Bertz CT molecular complexity index is 1380. The first-order valence-corrected chi connectivity index (χ1v) is 18.8. The van der Waals surface area contributed by atoms with E-state index >= 15 is 0 Å². The summed E-state index contributed by atoms with van der Waals surface area (Å²) in [6, 6.07) is 0. The Morgan fingerprint density at radius 2 is 1.26 bits per heavy atom. The van der Waals surface area contributed by atoms with Crippen molar-refractivity contribution in [3.05, 3.63) is 0 Å². The van der Waals surface area contributed by atoms with E-state index in [1.807, 2.05) is 0 Å². The third-order valence-corrected chi connectivity index (χ3v) is 13.1. The van der Waals surface area contributed by atoms with Crippen LogP contribution in [0.15, 0.2) is 0 Å². The van der Waals surface area contributed by atoms with E-state index in [1.165, 1.54) is 14.2 Å². The van der Waals surface area contributed by atoms with Crippen LogP contribution < -0.4 is 0 Å². The van der Waals surface area contributed by atoms with Crippen LogP contribution in [0.25, 0.3) is 0 Å². The summed E-state index contributed by atoms with van der Waals surface area (Å²) in [6.07, 6.45) is 2.30. The number of esters is 6. The number of aliphatic hydroxyl groups is 1. The molecule has 4 rings (SSSR count). The second kappa shape index (κ2) is 18.1. The van der Waals surface area contributed by atoms with E-state index in [0.717, 1.165) is 12.8 Å². The van der Waals surface area contributed by atoms with E-state index in [0.29, 0.717) is 38.5 Å². The Kier molecular flexibility index (Phi) is 14.3. The van der Waals surface area contributed by atoms with Gasteiger partial charge in [-0.15, -0.1) is 0 Å². The zero-order valence-electron chi connectivity index (χ0n) is 31.5. The second-order valence-corrected chi connectivity index (χ2v) is 15.8. The number of carboxylic acids is 1. The molecule has 0 aromatic heterocycles. The van der Waals surface area contributed by atoms with Gasteiger partial charge in [-0.05, 0) is 91.8 Å². The number of carbonyl (C=O) groups excluding carboxylic acids is 6. The quantitative estimate of drug-likeness (QED) is 0.170. The number of methoxy groups -OCH3 is 2. The molecule has 0 bridgehead atoms. The molecule has 4 saturated carbocycles. The average molecular weight is 753 g/mol. The number of aliphatic hydroxyl groups excluding tert-OH is 1. The largest absolute Gasteiger partial charge is 0.481 e. The molecule has 0 aliphatic heterocycles. The van der Waals surface area contributed by atoms with Gasteiger partial charge in [-0.1, -0.05) is 20.8 Å². The van der Waals surface area contributed by atoms with Gasteiger partial charge in [0.25, 0.3) is 0 Å². The summed E-state index contributed by atoms with van der Waals surface area (Å²) in [6.45, 7) is 5.29. The van der Waals surface area contributed by atoms with Crippen molar-refractivity contribution in [2.24, 2.45) is 46.3 Å². The number of hydrogen-bond acceptors (Lipinski definition) is 14. The Labute approximate surface area is 310 Å². The number of hydrogen-bond donors (Lipinski definition) is 2. The van der Waals surface area contributed by atoms with Crippen molar-refractivity contribution in [3.8, 4) is 0 Å². The van der Waals surface area contributed by atoms with Crippen molar-refractivity contribution < 1.29 is 72.2 Å². The molecule has 15 nitrogen and oxygen atoms in total. The van der Waals surface area contributed by atoms with Crippen LogP contribution in [0.4, 0.5) is 0 Å². The van der Waals surface area contributed by atoms with Gasteiger partial charge < -0.3 is 38.6 Å². The standard InChI is InChI=1S/C38H56O15/c1-21(6-9-29(40)41)24-7-8-25-36-26(18-28(39)38(24,25)3)37(2)15-14-23(52-32(44)12-10-30(42)50-19-34(46)48-4)16-22(37)17-27(36)53-33(45)13-11-31(43)51-20-35(47)49-5/h21-28,36,39H,6-20H2,1-5H3,(H,40,41). The lowest BCUT2D eigenvalue weighted by Crippen LogP contribution is -2.63. The fourth-order valence-electron chi connectivity index (χ4n) is 10.3. The predicted octanol–water partition coefficient (Wildman–Crippen LogP) is 3.54. The van der Waals surface area contributed by atoms with E-state index < -0.39 is 78.7 Å². The van der Waals surface area contributed by atoms with Crippen LogP contribution in [-0.2, 0) is 62.0 Å². The molecular weight excluding hydrogens is 696 g/mol. The fraction of sp³-hybridized carbons (Fsp3) is 0.816. The first kappa shape index (κ1) is 42.0. The highest BCUT2D eigenvalue weighted by atomic mass is 16.6. The lowest BCUT2D eigenvalue weighted by molar-refractivity contribution is -0.219. The van der Waals surface area contributed by atoms with Gasteiger partial charge in [0.15, 0.2) is 13.2 Å². The highest BCUT2D eigenvalue weighted by Gasteiger charge is 2.66. The molecule has 4 aliphatic rings. The lowest BCUT2D eigenvalue weighted by Gasteiger charge is -2.64. The first-order valence-electron chi connectivity index (χ1n) is 18.8. The number of carboxylic acid groups (broad SMARTS) is 1. The molecule has 0 saturated heterocycles. The first-order chi connectivity index (χ1) is 25.0. The molecule has 298 valence electrons. The van der Waals surface area contributed by atoms with E-state index in [4.69, 9.17) is 18.9 Å². The molecular formula is C38H56O15. The summed E-state index contributed by atoms with van der Waals surface area (Å²) in [5.41, 5.74) is -0.781. The number of fused-ring (bicyclic) bond motifs is 5. The minimum Gasteiger partial charge on any atom is -0.481 e. The average Bonchev–Trinajstić information content (AvgIpc) is 3.49. The summed E-state index contributed by atoms with van der Waals surface area (Å²) < 4.78 is 30.7. The molecule has 11 atom stereocenters. The Balaban J connectivity index is 1.50. The normalized spacial score (nSPS) is 33.5. The molecule has 11 unspecified atom stereocenters. The molecule has 0 spiro atoms. The molecule has 4 fully saturated rings. The number of rotatable bonds is 16. The summed E-state index contributed by atoms with van der Waals surface area (Å²) in [5, 5.41) is 21.4. The Morgan fingerprint density at radius 3 is 1.83 bits per heavy atom. The second-order valence-electron chi connectivity index (χ2n) is 15.8. The van der Waals surface area contributed by atoms with E-state index in [2.05, 4.69) is 30.2 Å². The lowest BCUT2D eigenvalue weighted by atomic mass is 9.43. The van der Waals surface area contributed by atoms with Crippen molar-refractivity contribution in [2.75, 3.05) is 27.4 Å². The molecule has 0 amide bonds. The molecule has 2 N–H and O–H groups in total. The van der Waals surface area contributed by atoms with Gasteiger partial charge in [0.2, 0.25) is 0 Å². The third-order valence-electron chi connectivity index (χ3n) is 13.1. The number of aliphatic carboxylic acids is 1. The summed E-state index contributed by atoms with van der Waals surface area (Å²) >= 11 is 0. The molecule has 15 heteroatoms. The maximum atomic E-state index is 13.4. The maximum Gasteiger partial charge on any atom is 0.344 e. The third kappa shape index (κ3) is 9.87. The van der Waals surface area contributed by atoms with Crippen LogP contribution >= 0.6 is 0 Å². The molecule has 0 aromatic carbocycles. The van der Waals surface area contributed by atoms with Crippen molar-refractivity contribution in [1.82, 2.24) is 0 Å². The number of carbonyl (C=O) groups is 7. The Hall–Kier alpha value is -3.75. The monoisotopic (exact) mass is 752 g/mol. The van der Waals surface area contributed by atoms with Gasteiger partial charge in [0.05, 0.1) is 46.0 Å². The zero-order valence-corrected chi connectivity index (χ0v) is 31.5. The van der Waals surface area contributed by atoms with Crippen molar-refractivity contribution in [2.45, 2.75) is 123 Å². The van der Waals surface area contributed by atoms with E-state index in [9.17, 15) is 43.8 Å². The topological polar surface area (TPSA) is 215 Å². The van der Waals surface area contributed by atoms with Gasteiger partial charge in [-0.3, -0.25) is 24.0 Å². The van der Waals surface area contributed by atoms with Crippen LogP contribution in [0, 0.1) is 46.3 Å². The predicted molar refractivity (Wildman–Crippen MR) is 182 cm³/mol. The summed E-state index contributed by atoms with van der Waals surface area (Å²) in [7, 11) is 2.34. The van der Waals surface area contributed by atoms with Crippen LogP contribution in [0.3, 0.4) is 0 Å². The zero-order chi connectivity index (χ0) is 39.1. The van der Waals surface area contributed by atoms with Crippen molar-refractivity contribution in [3.63, 3.8) is 0 Å². The van der Waals surface area contributed by atoms with Crippen LogP contribution in [-0.4, -0.2) is 97.7 Å². The van der Waals surface area contributed by atoms with Gasteiger partial charge in [-0.25, -0.2) is 9.59 Å². The maximum absolute atomic E-state index is 13.4. The smallest absolute Gasteiger partial charge is 0.344 e. The summed E-state index contributed by atoms with van der Waals surface area (Å²) in [4.78, 5) is 84.4. The van der Waals surface area contributed by atoms with Crippen molar-refractivity contribution >= 4 is 41.8 Å². The van der Waals surface area contributed by atoms with Gasteiger partial charge in [-0.2, -0.15) is 0 Å². The highest BCUT2D eigenvalue weighted by Crippen LogP contribution is 2.69. The SMILES string of the molecule is COC(=O)COC(=O)CCC(=O)OC1CCC2(C)C(C1)CC(OC(=O)CCC(=O)OCC(=O)OC)C1C2CC(O)C2(C)C(C(C)CCC(=O)O)CCC12. The summed E-state index contributed by atoms with van der Waals surface area (Å²) in [5.74, 6) is -4.89.